The van der Waals surface area contributed by atoms with Gasteiger partial charge in [0.1, 0.15) is 5.15 Å². The topological polar surface area (TPSA) is 71.1 Å². The molecule has 0 saturated carbocycles. The van der Waals surface area contributed by atoms with Crippen molar-refractivity contribution in [3.8, 4) is 0 Å². The maximum atomic E-state index is 12.2. The molecule has 21 heavy (non-hydrogen) atoms. The van der Waals surface area contributed by atoms with Gasteiger partial charge in [-0.15, -0.1) is 0 Å². The number of nitrogens with zero attached hydrogens (tertiary/aromatic N) is 1. The van der Waals surface area contributed by atoms with E-state index in [-0.39, 0.29) is 24.8 Å². The first-order valence-corrected chi connectivity index (χ1v) is 7.09. The van der Waals surface area contributed by atoms with Crippen LogP contribution in [0.5, 0.6) is 0 Å². The minimum Gasteiger partial charge on any atom is -0.356 e. The van der Waals surface area contributed by atoms with Crippen molar-refractivity contribution in [2.75, 3.05) is 13.1 Å². The molecule has 2 amide bonds. The van der Waals surface area contributed by atoms with Crippen molar-refractivity contribution in [1.82, 2.24) is 15.6 Å². The van der Waals surface area contributed by atoms with Crippen LogP contribution in [-0.2, 0) is 4.79 Å². The largest absolute Gasteiger partial charge is 0.356 e. The first-order chi connectivity index (χ1) is 10.1. The molecule has 0 aliphatic rings. The van der Waals surface area contributed by atoms with Gasteiger partial charge >= 0.3 is 0 Å². The van der Waals surface area contributed by atoms with E-state index in [1.807, 2.05) is 31.2 Å². The van der Waals surface area contributed by atoms with Gasteiger partial charge in [-0.25, -0.2) is 4.98 Å². The van der Waals surface area contributed by atoms with Gasteiger partial charge in [0.2, 0.25) is 5.91 Å². The molecule has 0 aliphatic carbocycles. The van der Waals surface area contributed by atoms with Crippen LogP contribution in [0.4, 0.5) is 0 Å². The van der Waals surface area contributed by atoms with Gasteiger partial charge in [0.15, 0.2) is 0 Å². The summed E-state index contributed by atoms with van der Waals surface area (Å²) in [6, 6.07) is 7.31. The van der Waals surface area contributed by atoms with Gasteiger partial charge in [-0.3, -0.25) is 9.59 Å². The second kappa shape index (κ2) is 7.04. The Balaban J connectivity index is 2.10. The number of benzene rings is 1. The Bertz CT molecular complexity index is 673. The molecule has 2 N–H and O–H groups in total. The normalized spacial score (nSPS) is 10.4. The fraction of sp³-hybridized carbons (Fsp3) is 0.267. The average Bonchev–Trinajstić information content (AvgIpc) is 2.48. The molecule has 2 aromatic rings. The minimum absolute atomic E-state index is 0.0862. The SMILES string of the molecule is CCNC(=O)CCNC(=O)c1cnc(Cl)c2ccccc12. The van der Waals surface area contributed by atoms with Gasteiger partial charge in [0.25, 0.3) is 5.91 Å². The molecule has 0 unspecified atom stereocenters. The maximum absolute atomic E-state index is 12.2. The highest BCUT2D eigenvalue weighted by atomic mass is 35.5. The highest BCUT2D eigenvalue weighted by Gasteiger charge is 2.12. The molecule has 0 atom stereocenters. The van der Waals surface area contributed by atoms with Crippen molar-refractivity contribution < 1.29 is 9.59 Å². The standard InChI is InChI=1S/C15H16ClN3O2/c1-2-17-13(20)7-8-18-15(21)12-9-19-14(16)11-6-4-3-5-10(11)12/h3-6,9H,2,7-8H2,1H3,(H,17,20)(H,18,21). The van der Waals surface area contributed by atoms with E-state index in [0.717, 1.165) is 10.8 Å². The first-order valence-electron chi connectivity index (χ1n) is 6.71. The molecule has 2 rings (SSSR count). The Morgan fingerprint density at radius 1 is 1.19 bits per heavy atom. The van der Waals surface area contributed by atoms with Crippen LogP contribution in [0.1, 0.15) is 23.7 Å². The summed E-state index contributed by atoms with van der Waals surface area (Å²) < 4.78 is 0. The second-order valence-corrected chi connectivity index (χ2v) is 4.83. The van der Waals surface area contributed by atoms with E-state index in [2.05, 4.69) is 15.6 Å². The van der Waals surface area contributed by atoms with Gasteiger partial charge in [0, 0.05) is 31.1 Å². The third-order valence-electron chi connectivity index (χ3n) is 3.00. The maximum Gasteiger partial charge on any atom is 0.253 e. The van der Waals surface area contributed by atoms with E-state index >= 15 is 0 Å². The summed E-state index contributed by atoms with van der Waals surface area (Å²) in [5, 5.41) is 7.23. The third-order valence-corrected chi connectivity index (χ3v) is 3.30. The molecule has 1 heterocycles. The van der Waals surface area contributed by atoms with Gasteiger partial charge in [-0.2, -0.15) is 0 Å². The minimum atomic E-state index is -0.264. The van der Waals surface area contributed by atoms with E-state index in [1.165, 1.54) is 6.20 Å². The highest BCUT2D eigenvalue weighted by molar-refractivity contribution is 6.34. The van der Waals surface area contributed by atoms with E-state index in [4.69, 9.17) is 11.6 Å². The number of fused-ring (bicyclic) bond motifs is 1. The van der Waals surface area contributed by atoms with Crippen LogP contribution in [0.25, 0.3) is 10.8 Å². The number of amides is 2. The molecular weight excluding hydrogens is 290 g/mol. The van der Waals surface area contributed by atoms with Crippen molar-refractivity contribution in [1.29, 1.82) is 0 Å². The van der Waals surface area contributed by atoms with Crippen LogP contribution in [0.2, 0.25) is 5.15 Å². The van der Waals surface area contributed by atoms with E-state index < -0.39 is 0 Å². The molecule has 0 aliphatic heterocycles. The van der Waals surface area contributed by atoms with Crippen LogP contribution in [-0.4, -0.2) is 29.9 Å². The van der Waals surface area contributed by atoms with Crippen molar-refractivity contribution >= 4 is 34.2 Å². The van der Waals surface area contributed by atoms with E-state index in [9.17, 15) is 9.59 Å². The monoisotopic (exact) mass is 305 g/mol. The molecule has 5 nitrogen and oxygen atoms in total. The summed E-state index contributed by atoms with van der Waals surface area (Å²) in [6.07, 6.45) is 1.70. The van der Waals surface area contributed by atoms with Gasteiger partial charge < -0.3 is 10.6 Å². The summed E-state index contributed by atoms with van der Waals surface area (Å²) in [5.41, 5.74) is 0.450. The van der Waals surface area contributed by atoms with Gasteiger partial charge in [0.05, 0.1) is 5.56 Å². The fourth-order valence-electron chi connectivity index (χ4n) is 2.01. The van der Waals surface area contributed by atoms with Crippen LogP contribution >= 0.6 is 11.6 Å². The predicted molar refractivity (Wildman–Crippen MR) is 82.4 cm³/mol. The lowest BCUT2D eigenvalue weighted by Gasteiger charge is -2.08. The lowest BCUT2D eigenvalue weighted by molar-refractivity contribution is -0.120. The molecule has 0 spiro atoms. The second-order valence-electron chi connectivity index (χ2n) is 4.47. The number of rotatable bonds is 5. The predicted octanol–water partition coefficient (Wildman–Crippen LogP) is 2.14. The van der Waals surface area contributed by atoms with Crippen molar-refractivity contribution in [2.45, 2.75) is 13.3 Å². The number of nitrogens with one attached hydrogen (secondary N) is 2. The smallest absolute Gasteiger partial charge is 0.253 e. The van der Waals surface area contributed by atoms with Crippen molar-refractivity contribution in [2.24, 2.45) is 0 Å². The Labute approximate surface area is 127 Å². The molecule has 110 valence electrons. The zero-order valence-electron chi connectivity index (χ0n) is 11.6. The van der Waals surface area contributed by atoms with Crippen LogP contribution in [0, 0.1) is 0 Å². The Kier molecular flexibility index (Phi) is 5.11. The molecule has 0 radical (unpaired) electrons. The Hall–Kier alpha value is -2.14. The van der Waals surface area contributed by atoms with Crippen LogP contribution in [0.15, 0.2) is 30.5 Å². The molecule has 0 bridgehead atoms. The fourth-order valence-corrected chi connectivity index (χ4v) is 2.22. The summed E-state index contributed by atoms with van der Waals surface area (Å²) in [6.45, 7) is 2.71. The first kappa shape index (κ1) is 15.3. The zero-order chi connectivity index (χ0) is 15.2. The summed E-state index contributed by atoms with van der Waals surface area (Å²) in [7, 11) is 0. The third kappa shape index (κ3) is 3.70. The average molecular weight is 306 g/mol. The molecule has 1 aromatic heterocycles. The van der Waals surface area contributed by atoms with Gasteiger partial charge in [-0.05, 0) is 12.3 Å². The number of carbonyl (C=O) groups is 2. The molecule has 0 saturated heterocycles. The number of hydrogen-bond acceptors (Lipinski definition) is 3. The lowest BCUT2D eigenvalue weighted by atomic mass is 10.1. The summed E-state index contributed by atoms with van der Waals surface area (Å²) in [4.78, 5) is 27.5. The molecule has 0 fully saturated rings. The summed E-state index contributed by atoms with van der Waals surface area (Å²) >= 11 is 6.02. The molecule has 6 heteroatoms. The van der Waals surface area contributed by atoms with Crippen LogP contribution in [0.3, 0.4) is 0 Å². The number of halogens is 1. The molecular formula is C15H16ClN3O2. The van der Waals surface area contributed by atoms with E-state index in [0.29, 0.717) is 17.3 Å². The number of aromatic nitrogens is 1. The quantitative estimate of drug-likeness (QED) is 0.831. The highest BCUT2D eigenvalue weighted by Crippen LogP contribution is 2.23. The zero-order valence-corrected chi connectivity index (χ0v) is 12.4. The number of hydrogen-bond donors (Lipinski definition) is 2. The van der Waals surface area contributed by atoms with Crippen LogP contribution < -0.4 is 10.6 Å². The van der Waals surface area contributed by atoms with Crippen molar-refractivity contribution in [3.63, 3.8) is 0 Å². The van der Waals surface area contributed by atoms with Gasteiger partial charge in [-0.1, -0.05) is 35.9 Å². The summed E-state index contributed by atoms with van der Waals surface area (Å²) in [5.74, 6) is -0.350. The lowest BCUT2D eigenvalue weighted by Crippen LogP contribution is -2.30. The van der Waals surface area contributed by atoms with Crippen molar-refractivity contribution in [3.05, 3.63) is 41.2 Å². The molecule has 1 aromatic carbocycles. The Morgan fingerprint density at radius 3 is 2.62 bits per heavy atom. The van der Waals surface area contributed by atoms with E-state index in [1.54, 1.807) is 0 Å². The Morgan fingerprint density at radius 2 is 1.90 bits per heavy atom. The number of carbonyl (C=O) groups excluding carboxylic acids is 2. The number of pyridine rings is 1.